The summed E-state index contributed by atoms with van der Waals surface area (Å²) in [7, 11) is 1.54. The highest BCUT2D eigenvalue weighted by molar-refractivity contribution is 6.05. The zero-order chi connectivity index (χ0) is 19.8. The van der Waals surface area contributed by atoms with Crippen LogP contribution < -0.4 is 4.74 Å². The summed E-state index contributed by atoms with van der Waals surface area (Å²) in [6.45, 7) is 6.15. The zero-order valence-corrected chi connectivity index (χ0v) is 16.5. The highest BCUT2D eigenvalue weighted by Gasteiger charge is 2.51. The van der Waals surface area contributed by atoms with Gasteiger partial charge in [-0.05, 0) is 29.3 Å². The van der Waals surface area contributed by atoms with E-state index >= 15 is 0 Å². The molecule has 2 aromatic rings. The SMILES string of the molecule is COc1cc(/C=N\N=C(\c2ccccc2)C23CN4CN(CN(C4)C2)C3)ccc1O. The highest BCUT2D eigenvalue weighted by Crippen LogP contribution is 2.38. The van der Waals surface area contributed by atoms with Crippen LogP contribution in [0.4, 0.5) is 0 Å². The van der Waals surface area contributed by atoms with Crippen molar-refractivity contribution in [1.82, 2.24) is 14.7 Å². The minimum Gasteiger partial charge on any atom is -0.504 e. The van der Waals surface area contributed by atoms with Crippen molar-refractivity contribution < 1.29 is 9.84 Å². The number of phenols is 1. The van der Waals surface area contributed by atoms with E-state index in [0.29, 0.717) is 5.75 Å². The molecular formula is C22H25N5O2. The van der Waals surface area contributed by atoms with Gasteiger partial charge in [0.2, 0.25) is 0 Å². The summed E-state index contributed by atoms with van der Waals surface area (Å²) in [6.07, 6.45) is 1.71. The van der Waals surface area contributed by atoms with E-state index in [1.165, 1.54) is 7.11 Å². The summed E-state index contributed by atoms with van der Waals surface area (Å²) in [5.41, 5.74) is 2.95. The summed E-state index contributed by atoms with van der Waals surface area (Å²) < 4.78 is 5.18. The molecule has 4 fully saturated rings. The average molecular weight is 391 g/mol. The maximum Gasteiger partial charge on any atom is 0.161 e. The Kier molecular flexibility index (Phi) is 4.58. The number of methoxy groups -OCH3 is 1. The number of aromatic hydroxyl groups is 1. The van der Waals surface area contributed by atoms with Crippen molar-refractivity contribution in [3.63, 3.8) is 0 Å². The van der Waals surface area contributed by atoms with Crippen molar-refractivity contribution >= 4 is 11.9 Å². The molecule has 6 rings (SSSR count). The van der Waals surface area contributed by atoms with Crippen molar-refractivity contribution in [2.24, 2.45) is 15.6 Å². The monoisotopic (exact) mass is 391 g/mol. The summed E-state index contributed by atoms with van der Waals surface area (Å²) in [6, 6.07) is 15.5. The molecule has 0 saturated carbocycles. The molecule has 4 bridgehead atoms. The Labute approximate surface area is 170 Å². The lowest BCUT2D eigenvalue weighted by Gasteiger charge is -2.60. The van der Waals surface area contributed by atoms with Gasteiger partial charge in [0.05, 0.1) is 44.5 Å². The van der Waals surface area contributed by atoms with E-state index in [2.05, 4.69) is 44.1 Å². The fraction of sp³-hybridized carbons (Fsp3) is 0.364. The molecular weight excluding hydrogens is 366 g/mol. The first-order valence-electron chi connectivity index (χ1n) is 9.86. The third-order valence-electron chi connectivity index (χ3n) is 5.90. The lowest BCUT2D eigenvalue weighted by molar-refractivity contribution is -0.149. The molecule has 7 nitrogen and oxygen atoms in total. The topological polar surface area (TPSA) is 63.9 Å². The molecule has 29 heavy (non-hydrogen) atoms. The van der Waals surface area contributed by atoms with Crippen LogP contribution in [0.5, 0.6) is 11.5 Å². The Hall–Kier alpha value is -2.74. The molecule has 150 valence electrons. The molecule has 7 heteroatoms. The largest absolute Gasteiger partial charge is 0.504 e. The third-order valence-corrected chi connectivity index (χ3v) is 5.90. The molecule has 0 aliphatic carbocycles. The normalized spacial score (nSPS) is 30.8. The molecule has 4 heterocycles. The maximum atomic E-state index is 9.78. The first kappa shape index (κ1) is 18.3. The van der Waals surface area contributed by atoms with E-state index in [9.17, 15) is 5.11 Å². The van der Waals surface area contributed by atoms with Crippen LogP contribution in [0.1, 0.15) is 11.1 Å². The smallest absolute Gasteiger partial charge is 0.161 e. The van der Waals surface area contributed by atoms with Gasteiger partial charge in [-0.25, -0.2) is 0 Å². The Bertz CT molecular complexity index is 922. The van der Waals surface area contributed by atoms with Crippen molar-refractivity contribution in [1.29, 1.82) is 0 Å². The Morgan fingerprint density at radius 2 is 1.66 bits per heavy atom. The molecule has 0 atom stereocenters. The summed E-state index contributed by atoms with van der Waals surface area (Å²) in [4.78, 5) is 7.47. The van der Waals surface area contributed by atoms with Crippen LogP contribution in [-0.2, 0) is 0 Å². The fourth-order valence-electron chi connectivity index (χ4n) is 4.94. The lowest BCUT2D eigenvalue weighted by Crippen LogP contribution is -2.74. The number of hydrogen-bond donors (Lipinski definition) is 1. The molecule has 2 aromatic carbocycles. The van der Waals surface area contributed by atoms with Crippen molar-refractivity contribution in [3.05, 3.63) is 59.7 Å². The van der Waals surface area contributed by atoms with Gasteiger partial charge < -0.3 is 9.84 Å². The number of nitrogens with zero attached hydrogens (tertiary/aromatic N) is 5. The van der Waals surface area contributed by atoms with E-state index in [0.717, 1.165) is 56.5 Å². The zero-order valence-electron chi connectivity index (χ0n) is 16.5. The van der Waals surface area contributed by atoms with Crippen LogP contribution in [-0.4, -0.2) is 78.5 Å². The van der Waals surface area contributed by atoms with Crippen LogP contribution >= 0.6 is 0 Å². The van der Waals surface area contributed by atoms with Gasteiger partial charge in [0.15, 0.2) is 11.5 Å². The number of phenolic OH excluding ortho intramolecular Hbond substituents is 1. The Balaban J connectivity index is 1.50. The van der Waals surface area contributed by atoms with Crippen LogP contribution in [0.15, 0.2) is 58.7 Å². The van der Waals surface area contributed by atoms with Crippen molar-refractivity contribution in [3.8, 4) is 11.5 Å². The number of ether oxygens (including phenoxy) is 1. The average Bonchev–Trinajstić information content (AvgIpc) is 2.72. The van der Waals surface area contributed by atoms with E-state index in [-0.39, 0.29) is 11.2 Å². The lowest BCUT2D eigenvalue weighted by atomic mass is 9.74. The first-order valence-corrected chi connectivity index (χ1v) is 9.86. The minimum absolute atomic E-state index is 0.0416. The Morgan fingerprint density at radius 3 is 2.28 bits per heavy atom. The summed E-state index contributed by atoms with van der Waals surface area (Å²) in [5.74, 6) is 0.541. The molecule has 4 saturated heterocycles. The van der Waals surface area contributed by atoms with Crippen molar-refractivity contribution in [2.75, 3.05) is 46.8 Å². The molecule has 0 aromatic heterocycles. The van der Waals surface area contributed by atoms with Crippen molar-refractivity contribution in [2.45, 2.75) is 0 Å². The second-order valence-corrected chi connectivity index (χ2v) is 8.18. The van der Waals surface area contributed by atoms with Crippen LogP contribution in [0.25, 0.3) is 0 Å². The number of hydrogen-bond acceptors (Lipinski definition) is 7. The predicted octanol–water partition coefficient (Wildman–Crippen LogP) is 2.03. The van der Waals surface area contributed by atoms with Gasteiger partial charge in [-0.1, -0.05) is 30.3 Å². The predicted molar refractivity (Wildman–Crippen MR) is 112 cm³/mol. The van der Waals surface area contributed by atoms with Crippen LogP contribution in [0.3, 0.4) is 0 Å². The van der Waals surface area contributed by atoms with E-state index in [1.54, 1.807) is 24.4 Å². The minimum atomic E-state index is -0.0416. The first-order chi connectivity index (χ1) is 14.1. The van der Waals surface area contributed by atoms with Gasteiger partial charge in [-0.15, -0.1) is 0 Å². The van der Waals surface area contributed by atoms with Gasteiger partial charge in [0, 0.05) is 19.6 Å². The van der Waals surface area contributed by atoms with Crippen LogP contribution in [0.2, 0.25) is 0 Å². The van der Waals surface area contributed by atoms with Gasteiger partial charge in [-0.2, -0.15) is 10.2 Å². The maximum absolute atomic E-state index is 9.78. The fourth-order valence-corrected chi connectivity index (χ4v) is 4.94. The Morgan fingerprint density at radius 1 is 1.00 bits per heavy atom. The molecule has 0 spiro atoms. The van der Waals surface area contributed by atoms with Gasteiger partial charge in [0.25, 0.3) is 0 Å². The van der Waals surface area contributed by atoms with Crippen LogP contribution in [0, 0.1) is 5.41 Å². The molecule has 0 unspecified atom stereocenters. The quantitative estimate of drug-likeness (QED) is 0.624. The van der Waals surface area contributed by atoms with E-state index < -0.39 is 0 Å². The molecule has 0 radical (unpaired) electrons. The second kappa shape index (κ2) is 7.26. The number of rotatable bonds is 5. The molecule has 4 aliphatic rings. The summed E-state index contributed by atoms with van der Waals surface area (Å²) in [5, 5.41) is 19.0. The van der Waals surface area contributed by atoms with E-state index in [4.69, 9.17) is 9.84 Å². The molecule has 4 aliphatic heterocycles. The van der Waals surface area contributed by atoms with E-state index in [1.807, 2.05) is 6.07 Å². The van der Waals surface area contributed by atoms with Gasteiger partial charge in [0.1, 0.15) is 0 Å². The van der Waals surface area contributed by atoms with Gasteiger partial charge in [-0.3, -0.25) is 14.7 Å². The summed E-state index contributed by atoms with van der Waals surface area (Å²) >= 11 is 0. The van der Waals surface area contributed by atoms with Gasteiger partial charge >= 0.3 is 0 Å². The second-order valence-electron chi connectivity index (χ2n) is 8.18. The highest BCUT2D eigenvalue weighted by atomic mass is 16.5. The number of benzene rings is 2. The molecule has 0 amide bonds. The molecule has 1 N–H and O–H groups in total. The standard InChI is InChI=1S/C22H25N5O2/c1-29-20-9-17(7-8-19(20)28)10-23-24-21(18-5-3-2-4-6-18)22-11-25-14-26(12-22)16-27(13-22)15-25/h2-10,28H,11-16H2,1H3/b23-10-,24-21-. The third kappa shape index (κ3) is 3.42.